The number of hydrogen-bond donors (Lipinski definition) is 1. The molecule has 1 rings (SSSR count). The van der Waals surface area contributed by atoms with E-state index in [9.17, 15) is 13.2 Å². The Balaban J connectivity index is 2.87. The van der Waals surface area contributed by atoms with Gasteiger partial charge >= 0.3 is 6.18 Å². The lowest BCUT2D eigenvalue weighted by atomic mass is 10.2. The second-order valence-electron chi connectivity index (χ2n) is 3.04. The molecule has 90 valence electrons. The van der Waals surface area contributed by atoms with E-state index in [2.05, 4.69) is 0 Å². The summed E-state index contributed by atoms with van der Waals surface area (Å²) in [6, 6.07) is 4.94. The molecule has 0 atom stereocenters. The highest BCUT2D eigenvalue weighted by Crippen LogP contribution is 2.29. The van der Waals surface area contributed by atoms with Crippen LogP contribution >= 0.6 is 11.8 Å². The molecule has 0 spiro atoms. The van der Waals surface area contributed by atoms with Crippen LogP contribution in [0.15, 0.2) is 23.1 Å². The summed E-state index contributed by atoms with van der Waals surface area (Å²) in [6.45, 7) is -1.14. The van der Waals surface area contributed by atoms with E-state index in [4.69, 9.17) is 10.5 Å². The number of thioether (sulfide) groups is 1. The largest absolute Gasteiger partial charge is 0.484 e. The van der Waals surface area contributed by atoms with Crippen molar-refractivity contribution in [1.82, 2.24) is 0 Å². The van der Waals surface area contributed by atoms with E-state index in [-0.39, 0.29) is 12.3 Å². The summed E-state index contributed by atoms with van der Waals surface area (Å²) in [5, 5.41) is 0. The molecular formula is C10H12F3NOS. The number of halogens is 3. The van der Waals surface area contributed by atoms with Crippen molar-refractivity contribution in [3.8, 4) is 5.75 Å². The van der Waals surface area contributed by atoms with Gasteiger partial charge in [-0.15, -0.1) is 11.8 Å². The first kappa shape index (κ1) is 13.2. The Hall–Kier alpha value is -0.880. The van der Waals surface area contributed by atoms with Gasteiger partial charge < -0.3 is 10.5 Å². The van der Waals surface area contributed by atoms with Gasteiger partial charge in [-0.25, -0.2) is 0 Å². The highest BCUT2D eigenvalue weighted by atomic mass is 32.2. The maximum atomic E-state index is 12.0. The van der Waals surface area contributed by atoms with Crippen molar-refractivity contribution in [2.24, 2.45) is 5.73 Å². The van der Waals surface area contributed by atoms with Gasteiger partial charge in [-0.1, -0.05) is 6.07 Å². The Morgan fingerprint density at radius 1 is 1.38 bits per heavy atom. The van der Waals surface area contributed by atoms with E-state index >= 15 is 0 Å². The molecule has 6 heteroatoms. The lowest BCUT2D eigenvalue weighted by Crippen LogP contribution is -2.20. The molecule has 0 aromatic heterocycles. The molecule has 0 amide bonds. The van der Waals surface area contributed by atoms with Crippen LogP contribution in [0.1, 0.15) is 5.56 Å². The Morgan fingerprint density at radius 2 is 2.06 bits per heavy atom. The van der Waals surface area contributed by atoms with E-state index in [0.29, 0.717) is 5.56 Å². The molecule has 1 aromatic rings. The number of ether oxygens (including phenoxy) is 1. The molecule has 0 bridgehead atoms. The number of benzene rings is 1. The van der Waals surface area contributed by atoms with Crippen LogP contribution in [0.25, 0.3) is 0 Å². The molecule has 0 saturated heterocycles. The minimum atomic E-state index is -4.33. The van der Waals surface area contributed by atoms with Crippen molar-refractivity contribution in [3.05, 3.63) is 23.8 Å². The van der Waals surface area contributed by atoms with Gasteiger partial charge in [0.25, 0.3) is 0 Å². The van der Waals surface area contributed by atoms with Crippen LogP contribution in [0.4, 0.5) is 13.2 Å². The van der Waals surface area contributed by atoms with Crippen LogP contribution in [0.2, 0.25) is 0 Å². The van der Waals surface area contributed by atoms with Crippen molar-refractivity contribution in [2.75, 3.05) is 12.9 Å². The third-order valence-electron chi connectivity index (χ3n) is 1.91. The molecule has 0 aliphatic heterocycles. The molecule has 0 heterocycles. The third-order valence-corrected chi connectivity index (χ3v) is 2.73. The highest BCUT2D eigenvalue weighted by molar-refractivity contribution is 7.98. The molecule has 0 saturated carbocycles. The molecule has 0 radical (unpaired) electrons. The zero-order valence-electron chi connectivity index (χ0n) is 8.67. The lowest BCUT2D eigenvalue weighted by molar-refractivity contribution is -0.153. The first-order valence-corrected chi connectivity index (χ1v) is 5.76. The summed E-state index contributed by atoms with van der Waals surface area (Å²) < 4.78 is 40.7. The van der Waals surface area contributed by atoms with Crippen LogP contribution in [0.3, 0.4) is 0 Å². The van der Waals surface area contributed by atoms with E-state index in [1.165, 1.54) is 17.8 Å². The summed E-state index contributed by atoms with van der Waals surface area (Å²) in [4.78, 5) is 0.835. The smallest absolute Gasteiger partial charge is 0.422 e. The molecule has 0 unspecified atom stereocenters. The van der Waals surface area contributed by atoms with E-state index in [1.54, 1.807) is 12.1 Å². The number of rotatable bonds is 4. The average Bonchev–Trinajstić information content (AvgIpc) is 2.24. The Kier molecular flexibility index (Phi) is 4.49. The van der Waals surface area contributed by atoms with Crippen molar-refractivity contribution in [1.29, 1.82) is 0 Å². The maximum Gasteiger partial charge on any atom is 0.422 e. The maximum absolute atomic E-state index is 12.0. The topological polar surface area (TPSA) is 35.2 Å². The van der Waals surface area contributed by atoms with Crippen LogP contribution in [-0.4, -0.2) is 19.0 Å². The molecule has 2 nitrogen and oxygen atoms in total. The highest BCUT2D eigenvalue weighted by Gasteiger charge is 2.28. The van der Waals surface area contributed by atoms with Crippen LogP contribution < -0.4 is 10.5 Å². The second kappa shape index (κ2) is 5.45. The number of hydrogen-bond acceptors (Lipinski definition) is 3. The van der Waals surface area contributed by atoms with Gasteiger partial charge in [-0.3, -0.25) is 0 Å². The Bertz CT molecular complexity index is 354. The zero-order valence-corrected chi connectivity index (χ0v) is 9.49. The monoisotopic (exact) mass is 251 g/mol. The first-order valence-electron chi connectivity index (χ1n) is 4.53. The Morgan fingerprint density at radius 3 is 2.56 bits per heavy atom. The average molecular weight is 251 g/mol. The van der Waals surface area contributed by atoms with Gasteiger partial charge in [0.1, 0.15) is 5.75 Å². The molecule has 0 aliphatic rings. The van der Waals surface area contributed by atoms with Gasteiger partial charge in [0.15, 0.2) is 6.61 Å². The lowest BCUT2D eigenvalue weighted by Gasteiger charge is -2.14. The minimum Gasteiger partial charge on any atom is -0.484 e. The fourth-order valence-electron chi connectivity index (χ4n) is 1.23. The standard InChI is InChI=1S/C10H12F3NOS/c1-16-9-4-2-3-8(7(9)5-14)15-6-10(11,12)13/h2-4H,5-6,14H2,1H3. The first-order chi connectivity index (χ1) is 7.48. The minimum absolute atomic E-state index is 0.157. The summed E-state index contributed by atoms with van der Waals surface area (Å²) in [7, 11) is 0. The van der Waals surface area contributed by atoms with E-state index in [1.807, 2.05) is 6.26 Å². The molecule has 0 aliphatic carbocycles. The summed E-state index contributed by atoms with van der Waals surface area (Å²) in [5.74, 6) is 0.201. The Labute approximate surface area is 96.0 Å². The molecular weight excluding hydrogens is 239 g/mol. The molecule has 2 N–H and O–H groups in total. The predicted octanol–water partition coefficient (Wildman–Crippen LogP) is 2.81. The zero-order chi connectivity index (χ0) is 12.2. The molecule has 1 aromatic carbocycles. The van der Waals surface area contributed by atoms with Crippen molar-refractivity contribution >= 4 is 11.8 Å². The van der Waals surface area contributed by atoms with Gasteiger partial charge in [-0.2, -0.15) is 13.2 Å². The van der Waals surface area contributed by atoms with Crippen molar-refractivity contribution in [2.45, 2.75) is 17.6 Å². The second-order valence-corrected chi connectivity index (χ2v) is 3.89. The van der Waals surface area contributed by atoms with Gasteiger partial charge in [-0.05, 0) is 18.4 Å². The van der Waals surface area contributed by atoms with E-state index < -0.39 is 12.8 Å². The summed E-state index contributed by atoms with van der Waals surface area (Å²) in [5.41, 5.74) is 6.10. The van der Waals surface area contributed by atoms with Gasteiger partial charge in [0, 0.05) is 17.0 Å². The SMILES string of the molecule is CSc1cccc(OCC(F)(F)F)c1CN. The fraction of sp³-hybridized carbons (Fsp3) is 0.400. The van der Waals surface area contributed by atoms with Crippen molar-refractivity contribution in [3.63, 3.8) is 0 Å². The third kappa shape index (κ3) is 3.61. The molecule has 0 fully saturated rings. The van der Waals surface area contributed by atoms with Gasteiger partial charge in [0.05, 0.1) is 0 Å². The van der Waals surface area contributed by atoms with Crippen molar-refractivity contribution < 1.29 is 17.9 Å². The predicted molar refractivity (Wildman–Crippen MR) is 57.7 cm³/mol. The van der Waals surface area contributed by atoms with Crippen LogP contribution in [0.5, 0.6) is 5.75 Å². The number of alkyl halides is 3. The van der Waals surface area contributed by atoms with Crippen LogP contribution in [-0.2, 0) is 6.54 Å². The summed E-state index contributed by atoms with van der Waals surface area (Å²) in [6.07, 6.45) is -2.50. The fourth-order valence-corrected chi connectivity index (χ4v) is 1.88. The molecule has 16 heavy (non-hydrogen) atoms. The number of nitrogens with two attached hydrogens (primary N) is 1. The summed E-state index contributed by atoms with van der Waals surface area (Å²) >= 11 is 1.43. The quantitative estimate of drug-likeness (QED) is 0.836. The van der Waals surface area contributed by atoms with Gasteiger partial charge in [0.2, 0.25) is 0 Å². The normalized spacial score (nSPS) is 11.6. The van der Waals surface area contributed by atoms with E-state index in [0.717, 1.165) is 4.90 Å². The van der Waals surface area contributed by atoms with Crippen LogP contribution in [0, 0.1) is 0 Å².